The lowest BCUT2D eigenvalue weighted by molar-refractivity contribution is -0.121. The molecule has 6 nitrogen and oxygen atoms in total. The van der Waals surface area contributed by atoms with Crippen LogP contribution in [0, 0.1) is 0 Å². The Morgan fingerprint density at radius 3 is 2.38 bits per heavy atom. The van der Waals surface area contributed by atoms with Gasteiger partial charge in [-0.2, -0.15) is 0 Å². The first-order valence-electron chi connectivity index (χ1n) is 7.65. The summed E-state index contributed by atoms with van der Waals surface area (Å²) in [6.07, 6.45) is 3.36. The van der Waals surface area contributed by atoms with Gasteiger partial charge in [-0.15, -0.1) is 10.2 Å². The number of fused-ring (bicyclic) bond motifs is 1. The number of hydrogen-bond donors (Lipinski definition) is 0. The highest BCUT2D eigenvalue weighted by Crippen LogP contribution is 2.42. The second kappa shape index (κ2) is 4.99. The smallest absolute Gasteiger partial charge is 0.248 e. The molecule has 0 radical (unpaired) electrons. The van der Waals surface area contributed by atoms with Crippen molar-refractivity contribution in [1.29, 1.82) is 0 Å². The number of amides is 1. The first-order valence-corrected chi connectivity index (χ1v) is 7.65. The highest BCUT2D eigenvalue weighted by molar-refractivity contribution is 6.07. The van der Waals surface area contributed by atoms with E-state index in [0.717, 1.165) is 22.4 Å². The second-order valence-electron chi connectivity index (χ2n) is 6.37. The van der Waals surface area contributed by atoms with Crippen LogP contribution in [0.3, 0.4) is 0 Å². The van der Waals surface area contributed by atoms with Gasteiger partial charge in [0.05, 0.1) is 5.41 Å². The summed E-state index contributed by atoms with van der Waals surface area (Å²) in [5, 5.41) is 8.22. The molecule has 1 amide bonds. The Kier molecular flexibility index (Phi) is 3.03. The standard InChI is InChI=1S/C18H16N4O2/c1-18(2)13-5-4-12(10-14(13)22(3)17(18)23)16-21-20-15(24-16)11-6-8-19-9-7-11/h4-10H,1-3H3. The molecule has 0 bridgehead atoms. The highest BCUT2D eigenvalue weighted by atomic mass is 16.4. The molecular formula is C18H16N4O2. The summed E-state index contributed by atoms with van der Waals surface area (Å²) in [6, 6.07) is 9.43. The number of likely N-dealkylation sites (N-methyl/N-ethyl adjacent to an activating group) is 1. The number of carbonyl (C=O) groups is 1. The van der Waals surface area contributed by atoms with Crippen molar-refractivity contribution >= 4 is 11.6 Å². The van der Waals surface area contributed by atoms with Crippen LogP contribution >= 0.6 is 0 Å². The van der Waals surface area contributed by atoms with Crippen LogP contribution in [-0.2, 0) is 10.2 Å². The van der Waals surface area contributed by atoms with Gasteiger partial charge in [0, 0.05) is 36.3 Å². The fourth-order valence-electron chi connectivity index (χ4n) is 3.07. The van der Waals surface area contributed by atoms with E-state index in [9.17, 15) is 4.79 Å². The number of hydrogen-bond acceptors (Lipinski definition) is 5. The van der Waals surface area contributed by atoms with Crippen LogP contribution in [-0.4, -0.2) is 28.1 Å². The van der Waals surface area contributed by atoms with E-state index in [-0.39, 0.29) is 5.91 Å². The minimum Gasteiger partial charge on any atom is -0.416 e. The Labute approximate surface area is 139 Å². The normalized spacial score (nSPS) is 15.6. The van der Waals surface area contributed by atoms with Crippen LogP contribution in [0.5, 0.6) is 0 Å². The van der Waals surface area contributed by atoms with Crippen molar-refractivity contribution in [1.82, 2.24) is 15.2 Å². The summed E-state index contributed by atoms with van der Waals surface area (Å²) in [5.41, 5.74) is 2.98. The van der Waals surface area contributed by atoms with E-state index >= 15 is 0 Å². The van der Waals surface area contributed by atoms with Gasteiger partial charge in [0.1, 0.15) is 0 Å². The fourth-order valence-corrected chi connectivity index (χ4v) is 3.07. The maximum Gasteiger partial charge on any atom is 0.248 e. The van der Waals surface area contributed by atoms with Crippen molar-refractivity contribution in [2.45, 2.75) is 19.3 Å². The number of anilines is 1. The molecular weight excluding hydrogens is 304 g/mol. The molecule has 2 aromatic heterocycles. The van der Waals surface area contributed by atoms with E-state index in [4.69, 9.17) is 4.42 Å². The molecule has 120 valence electrons. The zero-order chi connectivity index (χ0) is 16.9. The maximum absolute atomic E-state index is 12.4. The molecule has 3 heterocycles. The van der Waals surface area contributed by atoms with Crippen LogP contribution in [0.2, 0.25) is 0 Å². The maximum atomic E-state index is 12.4. The molecule has 0 unspecified atom stereocenters. The molecule has 24 heavy (non-hydrogen) atoms. The molecule has 1 aromatic carbocycles. The van der Waals surface area contributed by atoms with Crippen molar-refractivity contribution < 1.29 is 9.21 Å². The van der Waals surface area contributed by atoms with Crippen molar-refractivity contribution in [2.75, 3.05) is 11.9 Å². The van der Waals surface area contributed by atoms with E-state index in [1.807, 2.05) is 44.2 Å². The van der Waals surface area contributed by atoms with Gasteiger partial charge < -0.3 is 9.32 Å². The van der Waals surface area contributed by atoms with Gasteiger partial charge in [0.25, 0.3) is 0 Å². The quantitative estimate of drug-likeness (QED) is 0.725. The molecule has 0 saturated heterocycles. The number of nitrogens with zero attached hydrogens (tertiary/aromatic N) is 4. The monoisotopic (exact) mass is 320 g/mol. The molecule has 4 rings (SSSR count). The number of aromatic nitrogens is 3. The summed E-state index contributed by atoms with van der Waals surface area (Å²) < 4.78 is 5.78. The van der Waals surface area contributed by atoms with E-state index in [0.29, 0.717) is 11.8 Å². The molecule has 0 aliphatic carbocycles. The first kappa shape index (κ1) is 14.6. The highest BCUT2D eigenvalue weighted by Gasteiger charge is 2.42. The van der Waals surface area contributed by atoms with Gasteiger partial charge in [-0.25, -0.2) is 0 Å². The number of rotatable bonds is 2. The molecule has 0 N–H and O–H groups in total. The van der Waals surface area contributed by atoms with E-state index < -0.39 is 5.41 Å². The van der Waals surface area contributed by atoms with E-state index in [2.05, 4.69) is 15.2 Å². The second-order valence-corrected chi connectivity index (χ2v) is 6.37. The lowest BCUT2D eigenvalue weighted by atomic mass is 9.86. The third-order valence-corrected chi connectivity index (χ3v) is 4.47. The van der Waals surface area contributed by atoms with Crippen LogP contribution in [0.15, 0.2) is 47.1 Å². The molecule has 1 aliphatic heterocycles. The largest absolute Gasteiger partial charge is 0.416 e. The average Bonchev–Trinajstić information content (AvgIpc) is 3.16. The van der Waals surface area contributed by atoms with Crippen molar-refractivity contribution in [2.24, 2.45) is 0 Å². The predicted octanol–water partition coefficient (Wildman–Crippen LogP) is 3.05. The molecule has 0 atom stereocenters. The van der Waals surface area contributed by atoms with Gasteiger partial charge in [-0.05, 0) is 43.7 Å². The molecule has 3 aromatic rings. The minimum atomic E-state index is -0.514. The lowest BCUT2D eigenvalue weighted by Gasteiger charge is -2.16. The zero-order valence-electron chi connectivity index (χ0n) is 13.6. The summed E-state index contributed by atoms with van der Waals surface area (Å²) in [6.45, 7) is 3.87. The van der Waals surface area contributed by atoms with Gasteiger partial charge in [-0.3, -0.25) is 9.78 Å². The number of pyridine rings is 1. The summed E-state index contributed by atoms with van der Waals surface area (Å²) in [4.78, 5) is 18.0. The van der Waals surface area contributed by atoms with Gasteiger partial charge in [-0.1, -0.05) is 6.07 Å². The molecule has 6 heteroatoms. The van der Waals surface area contributed by atoms with Crippen LogP contribution in [0.4, 0.5) is 5.69 Å². The van der Waals surface area contributed by atoms with E-state index in [1.165, 1.54) is 0 Å². The topological polar surface area (TPSA) is 72.1 Å². The first-order chi connectivity index (χ1) is 11.5. The summed E-state index contributed by atoms with van der Waals surface area (Å²) in [5.74, 6) is 0.950. The molecule has 0 saturated carbocycles. The number of carbonyl (C=O) groups excluding carboxylic acids is 1. The molecule has 0 fully saturated rings. The van der Waals surface area contributed by atoms with Crippen molar-refractivity contribution in [3.05, 3.63) is 48.3 Å². The molecule has 1 aliphatic rings. The zero-order valence-corrected chi connectivity index (χ0v) is 13.6. The van der Waals surface area contributed by atoms with E-state index in [1.54, 1.807) is 24.3 Å². The van der Waals surface area contributed by atoms with Gasteiger partial charge in [0.15, 0.2) is 0 Å². The fraction of sp³-hybridized carbons (Fsp3) is 0.222. The Balaban J connectivity index is 1.75. The molecule has 0 spiro atoms. The SMILES string of the molecule is CN1C(=O)C(C)(C)c2ccc(-c3nnc(-c4ccncc4)o3)cc21. The van der Waals surface area contributed by atoms with Crippen molar-refractivity contribution in [3.63, 3.8) is 0 Å². The van der Waals surface area contributed by atoms with Gasteiger partial charge >= 0.3 is 0 Å². The average molecular weight is 320 g/mol. The van der Waals surface area contributed by atoms with Crippen LogP contribution in [0.25, 0.3) is 22.9 Å². The minimum absolute atomic E-state index is 0.0812. The van der Waals surface area contributed by atoms with Crippen LogP contribution < -0.4 is 4.90 Å². The Morgan fingerprint density at radius 2 is 1.67 bits per heavy atom. The Hall–Kier alpha value is -3.02. The van der Waals surface area contributed by atoms with Crippen LogP contribution in [0.1, 0.15) is 19.4 Å². The predicted molar refractivity (Wildman–Crippen MR) is 89.4 cm³/mol. The Morgan fingerprint density at radius 1 is 1.00 bits per heavy atom. The summed E-state index contributed by atoms with van der Waals surface area (Å²) in [7, 11) is 1.79. The number of benzene rings is 1. The lowest BCUT2D eigenvalue weighted by Crippen LogP contribution is -2.33. The van der Waals surface area contributed by atoms with Gasteiger partial charge in [0.2, 0.25) is 17.7 Å². The third kappa shape index (κ3) is 2.03. The third-order valence-electron chi connectivity index (χ3n) is 4.47. The van der Waals surface area contributed by atoms with Crippen molar-refractivity contribution in [3.8, 4) is 22.9 Å². The Bertz CT molecular complexity index is 931. The summed E-state index contributed by atoms with van der Waals surface area (Å²) >= 11 is 0.